The van der Waals surface area contributed by atoms with Gasteiger partial charge in [0.25, 0.3) is 0 Å². The summed E-state index contributed by atoms with van der Waals surface area (Å²) in [5.74, 6) is 0. The largest absolute Gasteiger partial charge is 1.00 e. The zero-order chi connectivity index (χ0) is 9.03. The van der Waals surface area contributed by atoms with Crippen molar-refractivity contribution in [3.63, 3.8) is 0 Å². The summed E-state index contributed by atoms with van der Waals surface area (Å²) in [6, 6.07) is 10.6. The molecule has 0 spiro atoms. The van der Waals surface area contributed by atoms with E-state index in [0.29, 0.717) is 0 Å². The van der Waals surface area contributed by atoms with Crippen molar-refractivity contribution in [2.75, 3.05) is 0 Å². The molecule has 1 rings (SSSR count). The van der Waals surface area contributed by atoms with Gasteiger partial charge < -0.3 is 4.99 Å². The number of para-hydroxylation sites is 1. The van der Waals surface area contributed by atoms with E-state index < -0.39 is 0 Å². The maximum absolute atomic E-state index is 4.17. The van der Waals surface area contributed by atoms with Crippen molar-refractivity contribution >= 4 is 11.9 Å². The van der Waals surface area contributed by atoms with Crippen LogP contribution in [0.2, 0.25) is 0 Å². The molecule has 0 saturated carbocycles. The van der Waals surface area contributed by atoms with E-state index in [1.165, 1.54) is 0 Å². The van der Waals surface area contributed by atoms with E-state index in [9.17, 15) is 0 Å². The van der Waals surface area contributed by atoms with Gasteiger partial charge in [0.15, 0.2) is 0 Å². The molecule has 0 unspecified atom stereocenters. The Morgan fingerprint density at radius 3 is 2.29 bits per heavy atom. The van der Waals surface area contributed by atoms with E-state index in [-0.39, 0.29) is 43.1 Å². The minimum atomic E-state index is 0. The number of rotatable bonds is 1. The van der Waals surface area contributed by atoms with Crippen LogP contribution in [0.25, 0.3) is 0 Å². The SMILES string of the molecule is CC(C)(C)[C-]=Nc1[c-]cccc1.[Li+].[Li+]. The molecule has 3 heteroatoms. The van der Waals surface area contributed by atoms with Gasteiger partial charge in [-0.3, -0.25) is 6.07 Å². The van der Waals surface area contributed by atoms with Gasteiger partial charge in [-0.25, -0.2) is 11.8 Å². The minimum Gasteiger partial charge on any atom is -0.481 e. The molecule has 0 saturated heterocycles. The van der Waals surface area contributed by atoms with Crippen LogP contribution in [0, 0.1) is 11.5 Å². The van der Waals surface area contributed by atoms with Crippen molar-refractivity contribution in [3.05, 3.63) is 30.3 Å². The molecule has 0 aliphatic heterocycles. The van der Waals surface area contributed by atoms with Gasteiger partial charge in [-0.05, 0) is 0 Å². The number of benzene rings is 1. The van der Waals surface area contributed by atoms with Crippen LogP contribution in [0.1, 0.15) is 20.8 Å². The van der Waals surface area contributed by atoms with Crippen LogP contribution in [-0.2, 0) is 0 Å². The fraction of sp³-hybridized carbons (Fsp3) is 0.364. The zero-order valence-corrected chi connectivity index (χ0v) is 9.76. The first-order valence-corrected chi connectivity index (χ1v) is 4.02. The van der Waals surface area contributed by atoms with Gasteiger partial charge in [0.1, 0.15) is 0 Å². The van der Waals surface area contributed by atoms with E-state index in [0.717, 1.165) is 5.69 Å². The van der Waals surface area contributed by atoms with E-state index in [1.54, 1.807) is 0 Å². The maximum Gasteiger partial charge on any atom is 1.00 e. The monoisotopic (exact) mass is 173 g/mol. The first kappa shape index (κ1) is 16.5. The third kappa shape index (κ3) is 7.49. The van der Waals surface area contributed by atoms with Gasteiger partial charge in [-0.2, -0.15) is 24.4 Å². The molecular weight excluding hydrogens is 160 g/mol. The van der Waals surface area contributed by atoms with Crippen molar-refractivity contribution < 1.29 is 37.7 Å². The van der Waals surface area contributed by atoms with Gasteiger partial charge in [0, 0.05) is 0 Å². The first-order chi connectivity index (χ1) is 5.58. The second kappa shape index (κ2) is 7.39. The summed E-state index contributed by atoms with van der Waals surface area (Å²) in [6.07, 6.45) is 3.03. The zero-order valence-electron chi connectivity index (χ0n) is 9.76. The molecule has 0 bridgehead atoms. The van der Waals surface area contributed by atoms with E-state index >= 15 is 0 Å². The number of aliphatic imine (C=N–C) groups is 1. The number of hydrogen-bond donors (Lipinski definition) is 0. The molecule has 0 atom stereocenters. The van der Waals surface area contributed by atoms with Crippen LogP contribution in [0.4, 0.5) is 5.69 Å². The van der Waals surface area contributed by atoms with Crippen molar-refractivity contribution in [1.82, 2.24) is 0 Å². The van der Waals surface area contributed by atoms with Crippen LogP contribution in [0.3, 0.4) is 0 Å². The van der Waals surface area contributed by atoms with Crippen LogP contribution in [0.15, 0.2) is 29.3 Å². The van der Waals surface area contributed by atoms with Gasteiger partial charge in [0.05, 0.1) is 0 Å². The van der Waals surface area contributed by atoms with E-state index in [1.807, 2.05) is 24.3 Å². The molecule has 1 aromatic carbocycles. The molecule has 1 aromatic rings. The average molecular weight is 173 g/mol. The molecule has 0 N–H and O–H groups in total. The van der Waals surface area contributed by atoms with Gasteiger partial charge in [0.2, 0.25) is 0 Å². The van der Waals surface area contributed by atoms with Crippen LogP contribution in [-0.4, -0.2) is 6.21 Å². The standard InChI is InChI=1S/C11H13N.2Li/c1-11(2,3)9-12-10-7-5-4-6-8-10;;/h4-7H,1-3H3;;/q-2;2*+1. The summed E-state index contributed by atoms with van der Waals surface area (Å²) < 4.78 is 0. The molecule has 1 nitrogen and oxygen atoms in total. The number of nitrogens with zero attached hydrogens (tertiary/aromatic N) is 1. The summed E-state index contributed by atoms with van der Waals surface area (Å²) in [6.45, 7) is 6.21. The molecule has 0 aliphatic carbocycles. The summed E-state index contributed by atoms with van der Waals surface area (Å²) >= 11 is 0. The third-order valence-corrected chi connectivity index (χ3v) is 1.20. The average Bonchev–Trinajstić information content (AvgIpc) is 2.02. The Hall–Kier alpha value is 0.0848. The molecule has 64 valence electrons. The Morgan fingerprint density at radius 1 is 1.21 bits per heavy atom. The Balaban J connectivity index is 0. The van der Waals surface area contributed by atoms with Crippen LogP contribution >= 0.6 is 0 Å². The number of hydrogen-bond acceptors (Lipinski definition) is 1. The summed E-state index contributed by atoms with van der Waals surface area (Å²) in [5.41, 5.74) is 0.858. The maximum atomic E-state index is 4.17. The van der Waals surface area contributed by atoms with Crippen LogP contribution < -0.4 is 37.7 Å². The Bertz CT molecular complexity index is 262. The fourth-order valence-corrected chi connectivity index (χ4v) is 0.681. The van der Waals surface area contributed by atoms with Crippen molar-refractivity contribution in [2.45, 2.75) is 20.8 Å². The molecule has 0 fully saturated rings. The van der Waals surface area contributed by atoms with Crippen molar-refractivity contribution in [2.24, 2.45) is 10.4 Å². The third-order valence-electron chi connectivity index (χ3n) is 1.20. The molecule has 0 amide bonds. The second-order valence-corrected chi connectivity index (χ2v) is 3.72. The minimum absolute atomic E-state index is 0. The summed E-state index contributed by atoms with van der Waals surface area (Å²) in [4.78, 5) is 4.17. The molecule has 0 radical (unpaired) electrons. The Labute approximate surface area is 111 Å². The first-order valence-electron chi connectivity index (χ1n) is 4.02. The second-order valence-electron chi connectivity index (χ2n) is 3.72. The predicted molar refractivity (Wildman–Crippen MR) is 51.8 cm³/mol. The quantitative estimate of drug-likeness (QED) is 0.246. The Kier molecular flexibility index (Phi) is 8.71. The summed E-state index contributed by atoms with van der Waals surface area (Å²) in [7, 11) is 0. The molecule has 0 aliphatic rings. The van der Waals surface area contributed by atoms with Crippen molar-refractivity contribution in [3.8, 4) is 0 Å². The van der Waals surface area contributed by atoms with Gasteiger partial charge in [-0.1, -0.05) is 26.2 Å². The molecule has 14 heavy (non-hydrogen) atoms. The van der Waals surface area contributed by atoms with Crippen LogP contribution in [0.5, 0.6) is 0 Å². The topological polar surface area (TPSA) is 12.4 Å². The molecule has 0 heterocycles. The van der Waals surface area contributed by atoms with Crippen molar-refractivity contribution in [1.29, 1.82) is 0 Å². The predicted octanol–water partition coefficient (Wildman–Crippen LogP) is -2.88. The van der Waals surface area contributed by atoms with Gasteiger partial charge >= 0.3 is 37.7 Å². The normalized spacial score (nSPS) is 10.5. The Morgan fingerprint density at radius 2 is 1.86 bits per heavy atom. The smallest absolute Gasteiger partial charge is 0.481 e. The fourth-order valence-electron chi connectivity index (χ4n) is 0.681. The molecule has 0 aromatic heterocycles. The summed E-state index contributed by atoms with van der Waals surface area (Å²) in [5, 5.41) is 0. The van der Waals surface area contributed by atoms with Gasteiger partial charge in [-0.15, -0.1) is 0 Å². The van der Waals surface area contributed by atoms with E-state index in [4.69, 9.17) is 0 Å². The molecular formula is C11H13Li2N. The van der Waals surface area contributed by atoms with E-state index in [2.05, 4.69) is 38.0 Å².